The quantitative estimate of drug-likeness (QED) is 0.376. The smallest absolute Gasteiger partial charge is 0.308 e. The third-order valence-electron chi connectivity index (χ3n) is 4.20. The number of rotatable bonds is 6. The third-order valence-corrected chi connectivity index (χ3v) is 5.71. The number of carbonyl (C=O) groups is 3. The first kappa shape index (κ1) is 22.5. The van der Waals surface area contributed by atoms with Gasteiger partial charge in [-0.05, 0) is 37.3 Å². The topological polar surface area (TPSA) is 128 Å². The van der Waals surface area contributed by atoms with Gasteiger partial charge in [0.2, 0.25) is 11.7 Å². The SMILES string of the molecule is CC(OC(=O)CC1Sc2ccc(Cl)cc2NC1=O)C(=O)Nc1ccc(F)c([N+](=O)[O-])c1. The number of carbonyl (C=O) groups excluding carboxylic acids is 3. The molecule has 1 aliphatic heterocycles. The van der Waals surface area contributed by atoms with Gasteiger partial charge in [-0.3, -0.25) is 24.5 Å². The second kappa shape index (κ2) is 9.31. The fraction of sp³-hybridized carbons (Fsp3) is 0.211. The van der Waals surface area contributed by atoms with Crippen LogP contribution in [-0.4, -0.2) is 34.1 Å². The van der Waals surface area contributed by atoms with Crippen molar-refractivity contribution < 1.29 is 28.4 Å². The van der Waals surface area contributed by atoms with Crippen molar-refractivity contribution in [2.24, 2.45) is 0 Å². The van der Waals surface area contributed by atoms with Crippen molar-refractivity contribution >= 4 is 58.2 Å². The van der Waals surface area contributed by atoms with E-state index >= 15 is 0 Å². The Morgan fingerprint density at radius 3 is 2.81 bits per heavy atom. The van der Waals surface area contributed by atoms with Gasteiger partial charge in [0.1, 0.15) is 0 Å². The van der Waals surface area contributed by atoms with Gasteiger partial charge in [0.05, 0.1) is 22.3 Å². The minimum absolute atomic E-state index is 0.0292. The molecule has 0 radical (unpaired) electrons. The number of ether oxygens (including phenoxy) is 1. The second-order valence-corrected chi connectivity index (χ2v) is 8.17. The van der Waals surface area contributed by atoms with Gasteiger partial charge in [0.25, 0.3) is 5.91 Å². The molecule has 2 aromatic rings. The fourth-order valence-corrected chi connectivity index (χ4v) is 3.93. The van der Waals surface area contributed by atoms with E-state index < -0.39 is 45.6 Å². The highest BCUT2D eigenvalue weighted by Crippen LogP contribution is 2.38. The Morgan fingerprint density at radius 1 is 1.35 bits per heavy atom. The molecule has 2 unspecified atom stereocenters. The van der Waals surface area contributed by atoms with Crippen LogP contribution in [-0.2, 0) is 19.1 Å². The summed E-state index contributed by atoms with van der Waals surface area (Å²) in [6.07, 6.45) is -1.53. The van der Waals surface area contributed by atoms with Crippen molar-refractivity contribution in [1.29, 1.82) is 0 Å². The summed E-state index contributed by atoms with van der Waals surface area (Å²) in [4.78, 5) is 47.3. The molecule has 0 bridgehead atoms. The van der Waals surface area contributed by atoms with Crippen LogP contribution in [0.1, 0.15) is 13.3 Å². The van der Waals surface area contributed by atoms with Gasteiger partial charge in [-0.15, -0.1) is 11.8 Å². The number of amides is 2. The highest BCUT2D eigenvalue weighted by Gasteiger charge is 2.31. The van der Waals surface area contributed by atoms with Crippen molar-refractivity contribution in [2.45, 2.75) is 29.6 Å². The normalized spacial score (nSPS) is 16.0. The number of hydrogen-bond acceptors (Lipinski definition) is 7. The summed E-state index contributed by atoms with van der Waals surface area (Å²) < 4.78 is 18.5. The Labute approximate surface area is 184 Å². The van der Waals surface area contributed by atoms with E-state index in [0.29, 0.717) is 10.7 Å². The first-order valence-electron chi connectivity index (χ1n) is 8.85. The van der Waals surface area contributed by atoms with E-state index in [2.05, 4.69) is 10.6 Å². The van der Waals surface area contributed by atoms with Crippen LogP contribution in [0.2, 0.25) is 5.02 Å². The van der Waals surface area contributed by atoms with Crippen molar-refractivity contribution in [3.8, 4) is 0 Å². The van der Waals surface area contributed by atoms with Crippen LogP contribution in [0.5, 0.6) is 0 Å². The molecule has 0 saturated heterocycles. The number of nitrogens with zero attached hydrogens (tertiary/aromatic N) is 1. The van der Waals surface area contributed by atoms with E-state index in [-0.39, 0.29) is 12.1 Å². The maximum Gasteiger partial charge on any atom is 0.308 e. The van der Waals surface area contributed by atoms with E-state index in [9.17, 15) is 28.9 Å². The lowest BCUT2D eigenvalue weighted by Crippen LogP contribution is -2.34. The highest BCUT2D eigenvalue weighted by atomic mass is 35.5. The van der Waals surface area contributed by atoms with Crippen LogP contribution in [0.15, 0.2) is 41.3 Å². The lowest BCUT2D eigenvalue weighted by Gasteiger charge is -2.24. The van der Waals surface area contributed by atoms with Gasteiger partial charge < -0.3 is 15.4 Å². The predicted molar refractivity (Wildman–Crippen MR) is 112 cm³/mol. The van der Waals surface area contributed by atoms with Gasteiger partial charge in [-0.25, -0.2) is 0 Å². The van der Waals surface area contributed by atoms with Crippen molar-refractivity contribution in [3.05, 3.63) is 57.4 Å². The summed E-state index contributed by atoms with van der Waals surface area (Å²) in [6, 6.07) is 7.82. The molecule has 1 heterocycles. The molecule has 0 fully saturated rings. The molecule has 9 nitrogen and oxygen atoms in total. The van der Waals surface area contributed by atoms with Crippen molar-refractivity contribution in [2.75, 3.05) is 10.6 Å². The van der Waals surface area contributed by atoms with E-state index in [1.54, 1.807) is 18.2 Å². The van der Waals surface area contributed by atoms with Gasteiger partial charge in [-0.1, -0.05) is 11.6 Å². The van der Waals surface area contributed by atoms with Gasteiger partial charge >= 0.3 is 11.7 Å². The molecular weight excluding hydrogens is 453 g/mol. The average Bonchev–Trinajstić information content (AvgIpc) is 2.69. The Hall–Kier alpha value is -3.18. The lowest BCUT2D eigenvalue weighted by atomic mass is 10.2. The number of halogens is 2. The van der Waals surface area contributed by atoms with Crippen LogP contribution < -0.4 is 10.6 Å². The number of nitro benzene ring substituents is 1. The number of nitrogens with one attached hydrogen (secondary N) is 2. The van der Waals surface area contributed by atoms with Crippen LogP contribution in [0.25, 0.3) is 0 Å². The first-order valence-corrected chi connectivity index (χ1v) is 10.1. The molecule has 0 spiro atoms. The molecule has 0 aliphatic carbocycles. The Bertz CT molecular complexity index is 1080. The maximum atomic E-state index is 13.4. The molecule has 2 atom stereocenters. The number of hydrogen-bond donors (Lipinski definition) is 2. The molecule has 2 N–H and O–H groups in total. The van der Waals surface area contributed by atoms with Crippen LogP contribution >= 0.6 is 23.4 Å². The number of fused-ring (bicyclic) bond motifs is 1. The minimum Gasteiger partial charge on any atom is -0.452 e. The van der Waals surface area contributed by atoms with Gasteiger partial charge in [-0.2, -0.15) is 4.39 Å². The van der Waals surface area contributed by atoms with Gasteiger partial charge in [0, 0.05) is 21.7 Å². The Balaban J connectivity index is 1.57. The zero-order chi connectivity index (χ0) is 22.7. The highest BCUT2D eigenvalue weighted by molar-refractivity contribution is 8.01. The molecule has 1 aliphatic rings. The number of benzene rings is 2. The molecule has 3 rings (SSSR count). The predicted octanol–water partition coefficient (Wildman–Crippen LogP) is 3.76. The Morgan fingerprint density at radius 2 is 2.10 bits per heavy atom. The van der Waals surface area contributed by atoms with E-state index in [4.69, 9.17) is 16.3 Å². The van der Waals surface area contributed by atoms with Crippen LogP contribution in [0, 0.1) is 15.9 Å². The minimum atomic E-state index is -1.25. The van der Waals surface area contributed by atoms with Crippen molar-refractivity contribution in [1.82, 2.24) is 0 Å². The zero-order valence-corrected chi connectivity index (χ0v) is 17.5. The molecular formula is C19H15ClFN3O6S. The summed E-state index contributed by atoms with van der Waals surface area (Å²) >= 11 is 7.07. The molecule has 2 amide bonds. The third kappa shape index (κ3) is 5.50. The van der Waals surface area contributed by atoms with Crippen LogP contribution in [0.3, 0.4) is 0 Å². The molecule has 2 aromatic carbocycles. The van der Waals surface area contributed by atoms with Crippen LogP contribution in [0.4, 0.5) is 21.5 Å². The number of esters is 1. The van der Waals surface area contributed by atoms with E-state index in [1.807, 2.05) is 0 Å². The molecule has 0 saturated carbocycles. The number of thioether (sulfide) groups is 1. The monoisotopic (exact) mass is 467 g/mol. The van der Waals surface area contributed by atoms with E-state index in [0.717, 1.165) is 23.1 Å². The molecule has 31 heavy (non-hydrogen) atoms. The van der Waals surface area contributed by atoms with Crippen molar-refractivity contribution in [3.63, 3.8) is 0 Å². The summed E-state index contributed by atoms with van der Waals surface area (Å²) in [5.41, 5.74) is -0.281. The number of anilines is 2. The average molecular weight is 468 g/mol. The maximum absolute atomic E-state index is 13.4. The Kier molecular flexibility index (Phi) is 6.76. The number of nitro groups is 1. The molecule has 0 aromatic heterocycles. The van der Waals surface area contributed by atoms with Gasteiger partial charge in [0.15, 0.2) is 6.10 Å². The zero-order valence-electron chi connectivity index (χ0n) is 15.9. The summed E-state index contributed by atoms with van der Waals surface area (Å²) in [5.74, 6) is -2.99. The largest absolute Gasteiger partial charge is 0.452 e. The molecule has 12 heteroatoms. The molecule has 162 valence electrons. The summed E-state index contributed by atoms with van der Waals surface area (Å²) in [7, 11) is 0. The second-order valence-electron chi connectivity index (χ2n) is 6.48. The fourth-order valence-electron chi connectivity index (χ4n) is 2.68. The first-order chi connectivity index (χ1) is 14.6. The summed E-state index contributed by atoms with van der Waals surface area (Å²) in [5, 5.41) is 15.5. The standard InChI is InChI=1S/C19H15ClFN3O6S/c1-9(18(26)22-11-3-4-12(21)14(7-11)24(28)29)30-17(25)8-16-19(27)23-13-6-10(20)2-5-15(13)31-16/h2-7,9,16H,8H2,1H3,(H,22,26)(H,23,27). The lowest BCUT2D eigenvalue weighted by molar-refractivity contribution is -0.387. The summed E-state index contributed by atoms with van der Waals surface area (Å²) in [6.45, 7) is 1.30. The van der Waals surface area contributed by atoms with E-state index in [1.165, 1.54) is 18.7 Å².